The van der Waals surface area contributed by atoms with Crippen molar-refractivity contribution in [1.82, 2.24) is 4.90 Å². The molecule has 0 radical (unpaired) electrons. The summed E-state index contributed by atoms with van der Waals surface area (Å²) < 4.78 is 33.6. The molecular formula is C21H21ClN2O4S2. The predicted octanol–water partition coefficient (Wildman–Crippen LogP) is 4.79. The van der Waals surface area contributed by atoms with Crippen molar-refractivity contribution in [2.75, 3.05) is 18.9 Å². The topological polar surface area (TPSA) is 75.7 Å². The number of anilines is 1. The van der Waals surface area contributed by atoms with E-state index in [1.54, 1.807) is 42.8 Å². The minimum absolute atomic E-state index is 0.0528. The predicted molar refractivity (Wildman–Crippen MR) is 120 cm³/mol. The van der Waals surface area contributed by atoms with E-state index in [1.807, 2.05) is 19.1 Å². The Morgan fingerprint density at radius 2 is 1.87 bits per heavy atom. The summed E-state index contributed by atoms with van der Waals surface area (Å²) in [6.07, 6.45) is 0. The highest BCUT2D eigenvalue weighted by Crippen LogP contribution is 2.28. The summed E-state index contributed by atoms with van der Waals surface area (Å²) in [6.45, 7) is 2.13. The second-order valence-electron chi connectivity index (χ2n) is 6.70. The fourth-order valence-electron chi connectivity index (χ4n) is 2.87. The van der Waals surface area contributed by atoms with Crippen LogP contribution in [0.5, 0.6) is 5.75 Å². The van der Waals surface area contributed by atoms with Crippen molar-refractivity contribution in [3.8, 4) is 5.75 Å². The Balaban J connectivity index is 1.84. The second-order valence-corrected chi connectivity index (χ2v) is 9.71. The number of thiophene rings is 1. The third kappa shape index (κ3) is 4.95. The highest BCUT2D eigenvalue weighted by atomic mass is 35.5. The molecule has 0 saturated carbocycles. The van der Waals surface area contributed by atoms with Gasteiger partial charge in [-0.3, -0.25) is 9.52 Å². The third-order valence-electron chi connectivity index (χ3n) is 4.41. The highest BCUT2D eigenvalue weighted by Gasteiger charge is 2.26. The Labute approximate surface area is 185 Å². The summed E-state index contributed by atoms with van der Waals surface area (Å²) >= 11 is 7.15. The number of nitrogens with one attached hydrogen (secondary N) is 1. The molecule has 1 N–H and O–H groups in total. The van der Waals surface area contributed by atoms with Gasteiger partial charge in [-0.25, -0.2) is 8.42 Å². The van der Waals surface area contributed by atoms with E-state index in [1.165, 1.54) is 18.1 Å². The Morgan fingerprint density at radius 3 is 2.53 bits per heavy atom. The van der Waals surface area contributed by atoms with Crippen LogP contribution in [0.4, 0.5) is 5.69 Å². The van der Waals surface area contributed by atoms with Gasteiger partial charge in [-0.15, -0.1) is 11.3 Å². The molecule has 0 aliphatic rings. The zero-order valence-corrected chi connectivity index (χ0v) is 19.1. The van der Waals surface area contributed by atoms with Crippen LogP contribution < -0.4 is 9.46 Å². The average Bonchev–Trinajstić information content (AvgIpc) is 3.20. The van der Waals surface area contributed by atoms with E-state index >= 15 is 0 Å². The van der Waals surface area contributed by atoms with Gasteiger partial charge in [0.15, 0.2) is 0 Å². The monoisotopic (exact) mass is 464 g/mol. The minimum Gasteiger partial charge on any atom is -0.496 e. The number of amides is 1. The Morgan fingerprint density at radius 1 is 1.17 bits per heavy atom. The molecule has 2 aromatic carbocycles. The van der Waals surface area contributed by atoms with Crippen molar-refractivity contribution in [3.05, 3.63) is 74.9 Å². The molecule has 1 heterocycles. The standard InChI is InChI=1S/C21H21ClN2O4S2/c1-14-4-7-17(8-5-14)23-30(26,27)19-10-11-29-20(19)21(25)24(2)13-15-12-16(22)6-9-18(15)28-3/h4-12,23H,13H2,1-3H3. The SMILES string of the molecule is COc1ccc(Cl)cc1CN(C)C(=O)c1sccc1S(=O)(=O)Nc1ccc(C)cc1. The van der Waals surface area contributed by atoms with Crippen LogP contribution in [-0.4, -0.2) is 33.4 Å². The summed E-state index contributed by atoms with van der Waals surface area (Å²) in [7, 11) is -0.777. The number of hydrogen-bond donors (Lipinski definition) is 1. The number of sulfonamides is 1. The first-order valence-corrected chi connectivity index (χ1v) is 11.7. The summed E-state index contributed by atoms with van der Waals surface area (Å²) in [5, 5.41) is 2.11. The fraction of sp³-hybridized carbons (Fsp3) is 0.190. The van der Waals surface area contributed by atoms with Crippen LogP contribution in [0.15, 0.2) is 58.8 Å². The van der Waals surface area contributed by atoms with E-state index in [-0.39, 0.29) is 16.3 Å². The number of methoxy groups -OCH3 is 1. The largest absolute Gasteiger partial charge is 0.496 e. The Bertz CT molecular complexity index is 1160. The molecule has 0 saturated heterocycles. The molecule has 0 spiro atoms. The van der Waals surface area contributed by atoms with Crippen LogP contribution in [0, 0.1) is 6.92 Å². The van der Waals surface area contributed by atoms with Crippen LogP contribution in [0.2, 0.25) is 5.02 Å². The summed E-state index contributed by atoms with van der Waals surface area (Å²) in [6, 6.07) is 13.6. The number of rotatable bonds is 7. The van der Waals surface area contributed by atoms with Gasteiger partial charge in [0.1, 0.15) is 15.5 Å². The van der Waals surface area contributed by atoms with E-state index in [4.69, 9.17) is 16.3 Å². The van der Waals surface area contributed by atoms with E-state index < -0.39 is 15.9 Å². The third-order valence-corrected chi connectivity index (χ3v) is 7.10. The quantitative estimate of drug-likeness (QED) is 0.545. The van der Waals surface area contributed by atoms with Crippen LogP contribution in [0.25, 0.3) is 0 Å². The molecule has 9 heteroatoms. The van der Waals surface area contributed by atoms with Gasteiger partial charge in [-0.1, -0.05) is 29.3 Å². The summed E-state index contributed by atoms with van der Waals surface area (Å²) in [5.74, 6) is 0.190. The van der Waals surface area contributed by atoms with Gasteiger partial charge in [0.25, 0.3) is 15.9 Å². The van der Waals surface area contributed by atoms with Crippen molar-refractivity contribution in [2.24, 2.45) is 0 Å². The van der Waals surface area contributed by atoms with Gasteiger partial charge < -0.3 is 9.64 Å². The van der Waals surface area contributed by atoms with Crippen LogP contribution in [-0.2, 0) is 16.6 Å². The Kier molecular flexibility index (Phi) is 6.70. The van der Waals surface area contributed by atoms with Crippen LogP contribution in [0.3, 0.4) is 0 Å². The zero-order valence-electron chi connectivity index (χ0n) is 16.7. The molecule has 0 atom stereocenters. The number of aryl methyl sites for hydroxylation is 1. The lowest BCUT2D eigenvalue weighted by Crippen LogP contribution is -2.27. The van der Waals surface area contributed by atoms with Gasteiger partial charge in [0.2, 0.25) is 0 Å². The summed E-state index contributed by atoms with van der Waals surface area (Å²) in [4.78, 5) is 14.5. The maximum Gasteiger partial charge on any atom is 0.265 e. The molecule has 1 amide bonds. The molecule has 30 heavy (non-hydrogen) atoms. The fourth-order valence-corrected chi connectivity index (χ4v) is 5.54. The van der Waals surface area contributed by atoms with Crippen LogP contribution >= 0.6 is 22.9 Å². The molecule has 0 bridgehead atoms. The summed E-state index contributed by atoms with van der Waals surface area (Å²) in [5.41, 5.74) is 2.17. The first-order chi connectivity index (χ1) is 14.2. The van der Waals surface area contributed by atoms with Gasteiger partial charge in [0.05, 0.1) is 7.11 Å². The second kappa shape index (κ2) is 9.07. The first kappa shape index (κ1) is 22.1. The molecule has 6 nitrogen and oxygen atoms in total. The van der Waals surface area contributed by atoms with Gasteiger partial charge in [0, 0.05) is 29.9 Å². The van der Waals surface area contributed by atoms with E-state index in [2.05, 4.69) is 4.72 Å². The molecule has 0 fully saturated rings. The van der Waals surface area contributed by atoms with Gasteiger partial charge in [-0.2, -0.15) is 0 Å². The first-order valence-electron chi connectivity index (χ1n) is 8.96. The molecular weight excluding hydrogens is 444 g/mol. The number of carbonyl (C=O) groups is 1. The van der Waals surface area contributed by atoms with Crippen LogP contribution in [0.1, 0.15) is 20.8 Å². The van der Waals surface area contributed by atoms with Gasteiger partial charge >= 0.3 is 0 Å². The molecule has 0 unspecified atom stereocenters. The number of carbonyl (C=O) groups excluding carboxylic acids is 1. The zero-order chi connectivity index (χ0) is 21.9. The molecule has 158 valence electrons. The smallest absolute Gasteiger partial charge is 0.265 e. The van der Waals surface area contributed by atoms with E-state index in [0.29, 0.717) is 16.5 Å². The number of benzene rings is 2. The number of ether oxygens (including phenoxy) is 1. The molecule has 0 aliphatic heterocycles. The molecule has 1 aromatic heterocycles. The van der Waals surface area contributed by atoms with Crippen molar-refractivity contribution in [1.29, 1.82) is 0 Å². The van der Waals surface area contributed by atoms with Crippen molar-refractivity contribution in [3.63, 3.8) is 0 Å². The van der Waals surface area contributed by atoms with Crippen molar-refractivity contribution >= 4 is 44.6 Å². The molecule has 3 rings (SSSR count). The van der Waals surface area contributed by atoms with E-state index in [9.17, 15) is 13.2 Å². The molecule has 3 aromatic rings. The number of nitrogens with zero attached hydrogens (tertiary/aromatic N) is 1. The van der Waals surface area contributed by atoms with Crippen molar-refractivity contribution in [2.45, 2.75) is 18.4 Å². The molecule has 0 aliphatic carbocycles. The maximum absolute atomic E-state index is 13.0. The normalized spacial score (nSPS) is 11.2. The minimum atomic E-state index is -3.92. The maximum atomic E-state index is 13.0. The Hall–Kier alpha value is -2.55. The number of hydrogen-bond acceptors (Lipinski definition) is 5. The number of halogens is 1. The van der Waals surface area contributed by atoms with Crippen molar-refractivity contribution < 1.29 is 17.9 Å². The lowest BCUT2D eigenvalue weighted by molar-refractivity contribution is 0.0785. The van der Waals surface area contributed by atoms with Gasteiger partial charge in [-0.05, 0) is 48.7 Å². The lowest BCUT2D eigenvalue weighted by Gasteiger charge is -2.19. The average molecular weight is 465 g/mol. The lowest BCUT2D eigenvalue weighted by atomic mass is 10.2. The highest BCUT2D eigenvalue weighted by molar-refractivity contribution is 7.93. The van der Waals surface area contributed by atoms with E-state index in [0.717, 1.165) is 22.5 Å².